The lowest BCUT2D eigenvalue weighted by atomic mass is 9.97. The molecule has 3 aromatic carbocycles. The highest BCUT2D eigenvalue weighted by atomic mass is 79.9. The molecule has 8 nitrogen and oxygen atoms in total. The Kier molecular flexibility index (Phi) is 9.34. The zero-order chi connectivity index (χ0) is 31.5. The van der Waals surface area contributed by atoms with E-state index >= 15 is 0 Å². The van der Waals surface area contributed by atoms with Gasteiger partial charge >= 0.3 is 0 Å². The fraction of sp³-hybridized carbons (Fsp3) is 0.229. The minimum atomic E-state index is -0.157. The summed E-state index contributed by atoms with van der Waals surface area (Å²) in [6.45, 7) is 5.58. The number of carbonyl (C=O) groups excluding carboxylic acids is 3. The number of aryl methyl sites for hydroxylation is 1. The molecule has 0 bridgehead atoms. The summed E-state index contributed by atoms with van der Waals surface area (Å²) in [5.74, 6) is -0.176. The number of aromatic nitrogens is 1. The molecule has 4 heterocycles. The third-order valence-corrected chi connectivity index (χ3v) is 9.15. The highest BCUT2D eigenvalue weighted by Gasteiger charge is 2.27. The molecular formula is C35H33Br2N5O3. The van der Waals surface area contributed by atoms with Crippen LogP contribution in [0.15, 0.2) is 75.7 Å². The predicted molar refractivity (Wildman–Crippen MR) is 186 cm³/mol. The van der Waals surface area contributed by atoms with Gasteiger partial charge in [0.2, 0.25) is 5.91 Å². The molecule has 45 heavy (non-hydrogen) atoms. The number of nitrogens with zero attached hydrogens (tertiary/aromatic N) is 1. The van der Waals surface area contributed by atoms with Gasteiger partial charge in [0, 0.05) is 55.9 Å². The summed E-state index contributed by atoms with van der Waals surface area (Å²) < 4.78 is 1.92. The van der Waals surface area contributed by atoms with E-state index in [1.165, 1.54) is 12.8 Å². The fourth-order valence-corrected chi connectivity index (χ4v) is 6.78. The Morgan fingerprint density at radius 1 is 0.933 bits per heavy atom. The average Bonchev–Trinajstić information content (AvgIpc) is 3.80. The van der Waals surface area contributed by atoms with E-state index in [-0.39, 0.29) is 17.7 Å². The molecular weight excluding hydrogens is 698 g/mol. The van der Waals surface area contributed by atoms with Crippen molar-refractivity contribution < 1.29 is 14.4 Å². The van der Waals surface area contributed by atoms with Gasteiger partial charge in [-0.15, -0.1) is 0 Å². The Hall–Kier alpha value is -3.99. The minimum Gasteiger partial charge on any atom is -0.358 e. The molecule has 7 rings (SSSR count). The number of anilines is 2. The van der Waals surface area contributed by atoms with Crippen molar-refractivity contribution >= 4 is 72.6 Å². The number of benzene rings is 3. The molecule has 0 spiro atoms. The van der Waals surface area contributed by atoms with Crippen molar-refractivity contribution in [2.45, 2.75) is 26.2 Å². The van der Waals surface area contributed by atoms with Gasteiger partial charge in [-0.2, -0.15) is 0 Å². The summed E-state index contributed by atoms with van der Waals surface area (Å²) in [6, 6.07) is 21.4. The van der Waals surface area contributed by atoms with E-state index in [2.05, 4.69) is 57.7 Å². The third-order valence-electron chi connectivity index (χ3n) is 8.16. The predicted octanol–water partition coefficient (Wildman–Crippen LogP) is 7.01. The molecule has 4 aromatic rings. The van der Waals surface area contributed by atoms with Gasteiger partial charge in [0.25, 0.3) is 11.8 Å². The summed E-state index contributed by atoms with van der Waals surface area (Å²) in [6.07, 6.45) is 4.82. The highest BCUT2D eigenvalue weighted by molar-refractivity contribution is 9.10. The van der Waals surface area contributed by atoms with Crippen LogP contribution in [0.5, 0.6) is 0 Å². The fourth-order valence-electron chi connectivity index (χ4n) is 6.01. The maximum Gasteiger partial charge on any atom is 0.256 e. The number of fused-ring (bicyclic) bond motifs is 2. The van der Waals surface area contributed by atoms with Gasteiger partial charge < -0.3 is 25.8 Å². The standard InChI is InChI=1S/C27H27BrN4O2.C8H6BrNO/c1-17-24(27(34)29-11-14-32-12-5-6-13-32)25(18-7-3-2-4-8-18)23(30-17)16-21-20-15-19(28)9-10-22(20)31-26(21)33;9-6-1-2-7-5(3-6)4-8(11)10-7/h2-4,7-10,15-16,30H,5-6,11-14H2,1H3,(H,29,34)(H,31,33);1-3H,4H2,(H,10,11). The van der Waals surface area contributed by atoms with Crippen LogP contribution >= 0.6 is 31.9 Å². The topological polar surface area (TPSA) is 106 Å². The summed E-state index contributed by atoms with van der Waals surface area (Å²) in [4.78, 5) is 42.8. The van der Waals surface area contributed by atoms with Crippen LogP contribution in [0.4, 0.5) is 11.4 Å². The van der Waals surface area contributed by atoms with Crippen molar-refractivity contribution in [1.29, 1.82) is 0 Å². The van der Waals surface area contributed by atoms with Gasteiger partial charge in [-0.25, -0.2) is 0 Å². The second kappa shape index (κ2) is 13.6. The number of aromatic amines is 1. The van der Waals surface area contributed by atoms with Crippen molar-refractivity contribution in [2.75, 3.05) is 36.8 Å². The normalized spacial score (nSPS) is 16.1. The summed E-state index contributed by atoms with van der Waals surface area (Å²) in [5.41, 5.74) is 8.07. The van der Waals surface area contributed by atoms with E-state index in [1.54, 1.807) is 0 Å². The lowest BCUT2D eigenvalue weighted by Gasteiger charge is -2.15. The SMILES string of the molecule is Cc1[nH]c(C=C2C(=O)Nc3ccc(Br)cc32)c(-c2ccccc2)c1C(=O)NCCN1CCCC1.O=C1Cc2cc(Br)ccc2N1. The van der Waals surface area contributed by atoms with Crippen LogP contribution in [-0.4, -0.2) is 53.8 Å². The first-order chi connectivity index (χ1) is 21.8. The summed E-state index contributed by atoms with van der Waals surface area (Å²) in [5, 5.41) is 8.80. The van der Waals surface area contributed by atoms with E-state index < -0.39 is 0 Å². The molecule has 0 radical (unpaired) electrons. The molecule has 1 fully saturated rings. The van der Waals surface area contributed by atoms with Gasteiger partial charge in [-0.05, 0) is 86.5 Å². The van der Waals surface area contributed by atoms with Crippen molar-refractivity contribution in [3.05, 3.63) is 104 Å². The molecule has 1 saturated heterocycles. The van der Waals surface area contributed by atoms with Gasteiger partial charge in [-0.3, -0.25) is 14.4 Å². The largest absolute Gasteiger partial charge is 0.358 e. The van der Waals surface area contributed by atoms with E-state index in [0.717, 1.165) is 73.6 Å². The number of hydrogen-bond donors (Lipinski definition) is 4. The Morgan fingerprint density at radius 3 is 2.40 bits per heavy atom. The molecule has 0 aliphatic carbocycles. The third kappa shape index (κ3) is 6.98. The van der Waals surface area contributed by atoms with Crippen LogP contribution < -0.4 is 16.0 Å². The number of halogens is 2. The Morgan fingerprint density at radius 2 is 1.64 bits per heavy atom. The number of H-pyrrole nitrogens is 1. The quantitative estimate of drug-likeness (QED) is 0.160. The molecule has 3 aliphatic heterocycles. The first kappa shape index (κ1) is 31.0. The van der Waals surface area contributed by atoms with Crippen molar-refractivity contribution in [2.24, 2.45) is 0 Å². The monoisotopic (exact) mass is 729 g/mol. The maximum atomic E-state index is 13.3. The number of likely N-dealkylation sites (tertiary alicyclic amines) is 1. The first-order valence-electron chi connectivity index (χ1n) is 15.0. The lowest BCUT2D eigenvalue weighted by Crippen LogP contribution is -2.33. The molecule has 230 valence electrons. The number of amides is 3. The Balaban J connectivity index is 0.000000272. The second-order valence-electron chi connectivity index (χ2n) is 11.3. The smallest absolute Gasteiger partial charge is 0.256 e. The molecule has 1 aromatic heterocycles. The summed E-state index contributed by atoms with van der Waals surface area (Å²) >= 11 is 6.85. The molecule has 0 unspecified atom stereocenters. The van der Waals surface area contributed by atoms with Crippen LogP contribution in [0, 0.1) is 6.92 Å². The van der Waals surface area contributed by atoms with Crippen LogP contribution in [0.3, 0.4) is 0 Å². The number of nitrogens with one attached hydrogen (secondary N) is 4. The second-order valence-corrected chi connectivity index (χ2v) is 13.1. The molecule has 3 aliphatic rings. The van der Waals surface area contributed by atoms with Gasteiger partial charge in [0.05, 0.1) is 17.6 Å². The van der Waals surface area contributed by atoms with Crippen LogP contribution in [0.1, 0.15) is 45.7 Å². The molecule has 10 heteroatoms. The van der Waals surface area contributed by atoms with E-state index in [1.807, 2.05) is 79.7 Å². The van der Waals surface area contributed by atoms with Gasteiger partial charge in [-0.1, -0.05) is 62.2 Å². The van der Waals surface area contributed by atoms with Crippen LogP contribution in [0.2, 0.25) is 0 Å². The number of rotatable bonds is 6. The first-order valence-corrected chi connectivity index (χ1v) is 16.5. The highest BCUT2D eigenvalue weighted by Crippen LogP contribution is 2.38. The lowest BCUT2D eigenvalue weighted by molar-refractivity contribution is -0.115. The summed E-state index contributed by atoms with van der Waals surface area (Å²) in [7, 11) is 0. The zero-order valence-corrected chi connectivity index (χ0v) is 28.0. The van der Waals surface area contributed by atoms with Crippen molar-refractivity contribution in [3.63, 3.8) is 0 Å². The van der Waals surface area contributed by atoms with E-state index in [0.29, 0.717) is 24.1 Å². The number of carbonyl (C=O) groups is 3. The molecule has 0 atom stereocenters. The van der Waals surface area contributed by atoms with Crippen molar-refractivity contribution in [3.8, 4) is 11.1 Å². The van der Waals surface area contributed by atoms with E-state index in [9.17, 15) is 14.4 Å². The minimum absolute atomic E-state index is 0.0816. The van der Waals surface area contributed by atoms with Gasteiger partial charge in [0.15, 0.2) is 0 Å². The molecule has 3 amide bonds. The van der Waals surface area contributed by atoms with Crippen molar-refractivity contribution in [1.82, 2.24) is 15.2 Å². The average molecular weight is 731 g/mol. The van der Waals surface area contributed by atoms with Crippen LogP contribution in [-0.2, 0) is 16.0 Å². The number of hydrogen-bond acceptors (Lipinski definition) is 4. The van der Waals surface area contributed by atoms with Gasteiger partial charge in [0.1, 0.15) is 0 Å². The Labute approximate surface area is 278 Å². The zero-order valence-electron chi connectivity index (χ0n) is 24.8. The molecule has 0 saturated carbocycles. The molecule has 4 N–H and O–H groups in total. The van der Waals surface area contributed by atoms with E-state index in [4.69, 9.17) is 0 Å². The van der Waals surface area contributed by atoms with Crippen LogP contribution in [0.25, 0.3) is 22.8 Å². The maximum absolute atomic E-state index is 13.3. The Bertz CT molecular complexity index is 1810.